The number of nitrogens with two attached hydrogens (primary N) is 1. The maximum absolute atomic E-state index is 13.4. The second-order valence-electron chi connectivity index (χ2n) is 23.9. The van der Waals surface area contributed by atoms with E-state index < -0.39 is 18.9 Å². The van der Waals surface area contributed by atoms with Gasteiger partial charge in [0, 0.05) is 43.2 Å². The first-order valence-corrected chi connectivity index (χ1v) is 35.6. The molecule has 2 amide bonds. The zero-order chi connectivity index (χ0) is 81.4. The Morgan fingerprint density at radius 2 is 0.793 bits per heavy atom. The predicted octanol–water partition coefficient (Wildman–Crippen LogP) is 18.1. The number of aromatic nitrogens is 6. The number of phenols is 3. The van der Waals surface area contributed by atoms with Crippen LogP contribution < -0.4 is 45.5 Å². The summed E-state index contributed by atoms with van der Waals surface area (Å²) in [5.41, 5.74) is 12.4. The predicted molar refractivity (Wildman–Crippen MR) is 437 cm³/mol. The SMILES string of the molecule is C.C.COc1ccc(COc2c(Cl)cc(-c3noc(C(=O)NCc4ccc(O)cc4)n3)cc2Cl)cc1.COc1ccc(COc2c(Cl)cc(-c3noc(C(C)=O)n3)cc2Cl)cc1.Cc1cc(B(O)O)ccc1F.Cc1cc(Oc2ccc(CNC(=O)c3nc(-c4cc(Cl)c(O)c(Cl)c4)no3)cc2)ccc1F.F.NCc1ccc(O)cc1. The molecule has 0 saturated carbocycles. The molecule has 116 heavy (non-hydrogen) atoms. The van der Waals surface area contributed by atoms with Gasteiger partial charge in [-0.1, -0.05) is 173 Å². The van der Waals surface area contributed by atoms with Crippen molar-refractivity contribution in [3.8, 4) is 85.9 Å². The lowest BCUT2D eigenvalue weighted by molar-refractivity contribution is 0.0900. The normalized spacial score (nSPS) is 10.2. The van der Waals surface area contributed by atoms with Gasteiger partial charge in [0.25, 0.3) is 5.89 Å². The maximum atomic E-state index is 13.4. The van der Waals surface area contributed by atoms with E-state index in [4.69, 9.17) is 128 Å². The number of carbonyl (C=O) groups is 3. The molecule has 10 aromatic carbocycles. The van der Waals surface area contributed by atoms with Crippen LogP contribution in [0.5, 0.6) is 51.7 Å². The molecule has 0 radical (unpaired) electrons. The van der Waals surface area contributed by atoms with Crippen molar-refractivity contribution in [2.75, 3.05) is 14.2 Å². The summed E-state index contributed by atoms with van der Waals surface area (Å²) >= 11 is 37.1. The van der Waals surface area contributed by atoms with Gasteiger partial charge in [-0.2, -0.15) is 15.0 Å². The van der Waals surface area contributed by atoms with E-state index in [1.165, 1.54) is 55.5 Å². The van der Waals surface area contributed by atoms with Gasteiger partial charge in [-0.05, 0) is 180 Å². The van der Waals surface area contributed by atoms with Gasteiger partial charge in [0.05, 0.1) is 44.4 Å². The number of ketones is 1. The number of rotatable bonds is 22. The molecule has 0 unspecified atom stereocenters. The van der Waals surface area contributed by atoms with Crippen LogP contribution in [0.2, 0.25) is 30.1 Å². The minimum atomic E-state index is -1.52. The van der Waals surface area contributed by atoms with E-state index in [2.05, 4.69) is 41.1 Å². The number of nitrogens with one attached hydrogen (secondary N) is 2. The van der Waals surface area contributed by atoms with E-state index in [0.29, 0.717) is 79.5 Å². The number of methoxy groups -OCH3 is 2. The summed E-state index contributed by atoms with van der Waals surface area (Å²) < 4.78 is 68.4. The van der Waals surface area contributed by atoms with Crippen molar-refractivity contribution in [1.29, 1.82) is 0 Å². The lowest BCUT2D eigenvalue weighted by atomic mass is 9.80. The molecule has 0 aliphatic rings. The van der Waals surface area contributed by atoms with E-state index in [0.717, 1.165) is 39.3 Å². The van der Waals surface area contributed by atoms with Gasteiger partial charge in [-0.15, -0.1) is 0 Å². The Bertz CT molecular complexity index is 5340. The van der Waals surface area contributed by atoms with Crippen molar-refractivity contribution < 1.29 is 90.5 Å². The molecule has 0 aliphatic heterocycles. The average Bonchev–Trinajstić information content (AvgIpc) is 1.64. The second-order valence-corrected chi connectivity index (χ2v) is 26.3. The highest BCUT2D eigenvalue weighted by atomic mass is 35.5. The van der Waals surface area contributed by atoms with E-state index in [1.54, 1.807) is 125 Å². The zero-order valence-electron chi connectivity index (χ0n) is 60.5. The highest BCUT2D eigenvalue weighted by molar-refractivity contribution is 6.58. The van der Waals surface area contributed by atoms with Gasteiger partial charge in [0.1, 0.15) is 59.3 Å². The largest absolute Gasteiger partial charge is 0.508 e. The molecule has 13 rings (SSSR count). The van der Waals surface area contributed by atoms with Gasteiger partial charge in [-0.3, -0.25) is 19.1 Å². The highest BCUT2D eigenvalue weighted by Gasteiger charge is 2.23. The van der Waals surface area contributed by atoms with Crippen molar-refractivity contribution in [3.63, 3.8) is 0 Å². The molecule has 0 fully saturated rings. The average molecular weight is 1710 g/mol. The summed E-state index contributed by atoms with van der Waals surface area (Å²) in [5.74, 6) is 1.35. The molecule has 25 nitrogen and oxygen atoms in total. The molecule has 13 aromatic rings. The van der Waals surface area contributed by atoms with E-state index in [-0.39, 0.29) is 129 Å². The number of carbonyl (C=O) groups excluding carboxylic acids is 3. The molecule has 606 valence electrons. The number of Topliss-reactive ketones (excluding diaryl/α,β-unsaturated/α-hetero) is 1. The Morgan fingerprint density at radius 3 is 1.16 bits per heavy atom. The van der Waals surface area contributed by atoms with Crippen molar-refractivity contribution in [1.82, 2.24) is 41.1 Å². The van der Waals surface area contributed by atoms with Gasteiger partial charge < -0.3 is 79.0 Å². The van der Waals surface area contributed by atoms with Gasteiger partial charge in [0.2, 0.25) is 23.3 Å². The lowest BCUT2D eigenvalue weighted by Gasteiger charge is -2.11. The fourth-order valence-corrected chi connectivity index (χ4v) is 11.2. The summed E-state index contributed by atoms with van der Waals surface area (Å²) in [6.07, 6.45) is 0. The summed E-state index contributed by atoms with van der Waals surface area (Å²) in [4.78, 5) is 48.1. The Kier molecular flexibility index (Phi) is 35.8. The molecule has 9 N–H and O–H groups in total. The maximum Gasteiger partial charge on any atom is 0.488 e. The van der Waals surface area contributed by atoms with Crippen LogP contribution >= 0.6 is 69.6 Å². The summed E-state index contributed by atoms with van der Waals surface area (Å²) in [6.45, 7) is 6.10. The minimum absolute atomic E-state index is 0. The van der Waals surface area contributed by atoms with Gasteiger partial charge >= 0.3 is 30.7 Å². The molecule has 0 bridgehead atoms. The quantitative estimate of drug-likeness (QED) is 0.0231. The molecule has 35 heteroatoms. The third kappa shape index (κ3) is 26.9. The van der Waals surface area contributed by atoms with E-state index >= 15 is 0 Å². The number of nitrogens with zero attached hydrogens (tertiary/aromatic N) is 6. The third-order valence-electron chi connectivity index (χ3n) is 15.6. The van der Waals surface area contributed by atoms with Crippen LogP contribution in [0.4, 0.5) is 13.5 Å². The Labute approximate surface area is 693 Å². The summed E-state index contributed by atoms with van der Waals surface area (Å²) in [5, 5.41) is 63.0. The number of ether oxygens (including phenoxy) is 5. The molecule has 0 saturated heterocycles. The molecule has 3 aromatic heterocycles. The first-order valence-electron chi connectivity index (χ1n) is 33.3. The fourth-order valence-electron chi connectivity index (χ4n) is 9.53. The number of aromatic hydroxyl groups is 3. The lowest BCUT2D eigenvalue weighted by Crippen LogP contribution is -2.29. The molecule has 0 atom stereocenters. The van der Waals surface area contributed by atoms with Crippen LogP contribution in [0, 0.1) is 25.5 Å². The molecule has 0 aliphatic carbocycles. The number of phenolic OH excluding ortho intramolecular Hbond substituents is 3. The highest BCUT2D eigenvalue weighted by Crippen LogP contribution is 2.40. The fraction of sp³-hybridized carbons (Fsp3) is 0.148. The standard InChI is InChI=1S/C24H19Cl2N3O5.C23H16Cl2FN3O4.C18H14Cl2N2O4.C7H8BFO2.C7H9NO.2CH4.FH/c1-32-18-8-4-15(5-9-18)13-33-21-19(25)10-16(11-20(21)26)22-28-24(34-29-22)23(31)27-12-14-2-6-17(30)7-3-14;1-12-8-16(6-7-19(12)26)32-15-4-2-13(3-5-15)11-27-22(31)23-28-21(29-33-23)14-9-17(24)20(30)18(25)10-14;1-10(23)18-21-17(22-26-18)12-7-14(19)16(15(20)8-12)25-9-11-3-5-13(24-2)6-4-11;1-5-4-6(8(10)11)2-3-7(5)9;8-5-6-1-3-7(9)4-2-6;;;/h2-11,30H,12-13H2,1H3,(H,27,31);2-10,30H,11H2,1H3,(H,27,31);3-8H,9H2,1-2H3;2-4,10-11H,1H3;1-4,9H,5,8H2;2*1H4;1H. The topological polar surface area (TPSA) is 365 Å². The number of aryl methyl sites for hydroxylation is 2. The first-order chi connectivity index (χ1) is 54.1. The molecule has 0 spiro atoms. The summed E-state index contributed by atoms with van der Waals surface area (Å²) in [7, 11) is 1.69. The van der Waals surface area contributed by atoms with E-state index in [1.807, 2.05) is 48.5 Å². The van der Waals surface area contributed by atoms with Crippen LogP contribution in [0.1, 0.15) is 92.8 Å². The van der Waals surface area contributed by atoms with Gasteiger partial charge in [-0.25, -0.2) is 8.78 Å². The molecular weight excluding hydrogens is 1640 g/mol. The number of benzene rings is 10. The molecular formula is C81H75BCl6F3N9O16. The van der Waals surface area contributed by atoms with Crippen LogP contribution in [0.25, 0.3) is 34.2 Å². The van der Waals surface area contributed by atoms with Crippen molar-refractivity contribution in [2.24, 2.45) is 5.73 Å². The third-order valence-corrected chi connectivity index (χ3v) is 17.3. The van der Waals surface area contributed by atoms with Crippen LogP contribution in [0.15, 0.2) is 208 Å². The smallest absolute Gasteiger partial charge is 0.488 e. The van der Waals surface area contributed by atoms with Crippen molar-refractivity contribution in [3.05, 3.63) is 293 Å². The minimum Gasteiger partial charge on any atom is -0.508 e. The van der Waals surface area contributed by atoms with Gasteiger partial charge in [0.15, 0.2) is 17.2 Å². The number of hydrogen-bond donors (Lipinski definition) is 8. The second kappa shape index (κ2) is 44.7. The van der Waals surface area contributed by atoms with Crippen LogP contribution in [-0.2, 0) is 32.8 Å². The summed E-state index contributed by atoms with van der Waals surface area (Å²) in [6, 6.07) is 52.9. The number of hydrogen-bond acceptors (Lipinski definition) is 23. The monoisotopic (exact) mass is 1710 g/mol. The first kappa shape index (κ1) is 93.0. The zero-order valence-corrected chi connectivity index (χ0v) is 65.0. The van der Waals surface area contributed by atoms with Crippen molar-refractivity contribution >= 4 is 99.8 Å². The Morgan fingerprint density at radius 1 is 0.457 bits per heavy atom. The van der Waals surface area contributed by atoms with Crippen molar-refractivity contribution in [2.45, 2.75) is 68.5 Å². The Hall–Kier alpha value is -11.9. The Balaban J connectivity index is 0.000000239. The molecule has 3 heterocycles. The van der Waals surface area contributed by atoms with Crippen LogP contribution in [0.3, 0.4) is 0 Å². The number of amides is 2. The number of halogens is 9. The van der Waals surface area contributed by atoms with E-state index in [9.17, 15) is 33.4 Å². The van der Waals surface area contributed by atoms with Crippen LogP contribution in [-0.4, -0.2) is 94.7 Å².